The van der Waals surface area contributed by atoms with Gasteiger partial charge in [-0.05, 0) is 50.3 Å². The molecule has 2 amide bonds. The third-order valence-corrected chi connectivity index (χ3v) is 5.24. The Morgan fingerprint density at radius 1 is 1.00 bits per heavy atom. The zero-order chi connectivity index (χ0) is 20.5. The minimum absolute atomic E-state index is 0.00101. The van der Waals surface area contributed by atoms with Crippen molar-refractivity contribution in [2.45, 2.75) is 65.6 Å². The highest BCUT2D eigenvalue weighted by Crippen LogP contribution is 2.16. The zero-order valence-corrected chi connectivity index (χ0v) is 17.4. The van der Waals surface area contributed by atoms with E-state index in [0.29, 0.717) is 19.4 Å². The van der Waals surface area contributed by atoms with Crippen molar-refractivity contribution in [1.29, 1.82) is 0 Å². The number of amides is 2. The number of nitrogens with one attached hydrogen (secondary N) is 1. The van der Waals surface area contributed by atoms with Crippen LogP contribution in [0.4, 0.5) is 0 Å². The van der Waals surface area contributed by atoms with Crippen LogP contribution < -0.4 is 5.32 Å². The second-order valence-corrected chi connectivity index (χ2v) is 7.43. The minimum atomic E-state index is -0.517. The van der Waals surface area contributed by atoms with Crippen LogP contribution in [-0.2, 0) is 22.6 Å². The number of rotatable bonds is 9. The number of hydrogen-bond acceptors (Lipinski definition) is 2. The molecule has 4 heteroatoms. The van der Waals surface area contributed by atoms with Crippen LogP contribution in [0.15, 0.2) is 54.6 Å². The van der Waals surface area contributed by atoms with Crippen molar-refractivity contribution in [3.05, 3.63) is 71.3 Å². The summed E-state index contributed by atoms with van der Waals surface area (Å²) in [6, 6.07) is 17.6. The van der Waals surface area contributed by atoms with Gasteiger partial charge in [0.05, 0.1) is 0 Å². The van der Waals surface area contributed by atoms with Gasteiger partial charge >= 0.3 is 0 Å². The van der Waals surface area contributed by atoms with Crippen LogP contribution in [0, 0.1) is 6.92 Å². The maximum absolute atomic E-state index is 13.1. The molecule has 0 saturated heterocycles. The lowest BCUT2D eigenvalue weighted by molar-refractivity contribution is -0.140. The first kappa shape index (κ1) is 21.7. The first-order chi connectivity index (χ1) is 13.4. The largest absolute Gasteiger partial charge is 0.352 e. The monoisotopic (exact) mass is 380 g/mol. The van der Waals surface area contributed by atoms with Crippen LogP contribution >= 0.6 is 0 Å². The SMILES string of the molecule is CC[C@@H](C)NC(=O)[C@H](C)N(Cc1ccccc1C)C(=O)CCc1ccccc1. The summed E-state index contributed by atoms with van der Waals surface area (Å²) in [5, 5.41) is 3.01. The molecule has 0 aromatic heterocycles. The molecule has 0 unspecified atom stereocenters. The molecular formula is C24H32N2O2. The van der Waals surface area contributed by atoms with E-state index >= 15 is 0 Å². The standard InChI is InChI=1S/C24H32N2O2/c1-5-19(3)25-24(28)20(4)26(17-22-14-10-9-11-18(22)2)23(27)16-15-21-12-7-6-8-13-21/h6-14,19-20H,5,15-17H2,1-4H3,(H,25,28)/t19-,20+/m1/s1. The van der Waals surface area contributed by atoms with Gasteiger partial charge in [0.2, 0.25) is 11.8 Å². The Kier molecular flexibility index (Phi) is 8.24. The number of aryl methyl sites for hydroxylation is 2. The van der Waals surface area contributed by atoms with Crippen LogP contribution in [0.2, 0.25) is 0 Å². The summed E-state index contributed by atoms with van der Waals surface area (Å²) in [7, 11) is 0. The van der Waals surface area contributed by atoms with Crippen LogP contribution in [0.1, 0.15) is 50.3 Å². The fourth-order valence-electron chi connectivity index (χ4n) is 3.06. The van der Waals surface area contributed by atoms with Gasteiger partial charge in [0.15, 0.2) is 0 Å². The van der Waals surface area contributed by atoms with Crippen molar-refractivity contribution in [1.82, 2.24) is 10.2 Å². The predicted molar refractivity (Wildman–Crippen MR) is 114 cm³/mol. The van der Waals surface area contributed by atoms with E-state index in [2.05, 4.69) is 5.32 Å². The number of nitrogens with zero attached hydrogens (tertiary/aromatic N) is 1. The third kappa shape index (κ3) is 6.22. The molecular weight excluding hydrogens is 348 g/mol. The van der Waals surface area contributed by atoms with E-state index in [1.165, 1.54) is 0 Å². The molecule has 0 radical (unpaired) electrons. The van der Waals surface area contributed by atoms with Crippen molar-refractivity contribution in [3.63, 3.8) is 0 Å². The smallest absolute Gasteiger partial charge is 0.242 e. The molecule has 0 aliphatic rings. The van der Waals surface area contributed by atoms with E-state index in [9.17, 15) is 9.59 Å². The molecule has 0 spiro atoms. The van der Waals surface area contributed by atoms with E-state index in [1.54, 1.807) is 4.90 Å². The van der Waals surface area contributed by atoms with Gasteiger partial charge in [-0.25, -0.2) is 0 Å². The number of carbonyl (C=O) groups is 2. The van der Waals surface area contributed by atoms with Crippen molar-refractivity contribution in [2.75, 3.05) is 0 Å². The Hall–Kier alpha value is -2.62. The normalized spacial score (nSPS) is 12.9. The van der Waals surface area contributed by atoms with E-state index in [0.717, 1.165) is 23.1 Å². The lowest BCUT2D eigenvalue weighted by Gasteiger charge is -2.30. The Morgan fingerprint density at radius 2 is 1.64 bits per heavy atom. The van der Waals surface area contributed by atoms with E-state index in [-0.39, 0.29) is 17.9 Å². The summed E-state index contributed by atoms with van der Waals surface area (Å²) in [5.41, 5.74) is 3.32. The molecule has 0 bridgehead atoms. The Balaban J connectivity index is 2.15. The van der Waals surface area contributed by atoms with Crippen molar-refractivity contribution in [3.8, 4) is 0 Å². The summed E-state index contributed by atoms with van der Waals surface area (Å²) in [6.07, 6.45) is 1.92. The van der Waals surface area contributed by atoms with Gasteiger partial charge in [0, 0.05) is 19.0 Å². The maximum Gasteiger partial charge on any atom is 0.242 e. The molecule has 150 valence electrons. The first-order valence-electron chi connectivity index (χ1n) is 10.1. The molecule has 0 aliphatic carbocycles. The zero-order valence-electron chi connectivity index (χ0n) is 17.4. The molecule has 2 atom stereocenters. The lowest BCUT2D eigenvalue weighted by atomic mass is 10.1. The quantitative estimate of drug-likeness (QED) is 0.707. The number of hydrogen-bond donors (Lipinski definition) is 1. The van der Waals surface area contributed by atoms with Crippen molar-refractivity contribution >= 4 is 11.8 Å². The lowest BCUT2D eigenvalue weighted by Crippen LogP contribution is -2.49. The molecule has 2 aromatic rings. The van der Waals surface area contributed by atoms with Gasteiger partial charge < -0.3 is 10.2 Å². The van der Waals surface area contributed by atoms with Gasteiger partial charge in [0.1, 0.15) is 6.04 Å². The second kappa shape index (κ2) is 10.6. The molecule has 0 saturated carbocycles. The molecule has 2 aromatic carbocycles. The molecule has 28 heavy (non-hydrogen) atoms. The summed E-state index contributed by atoms with van der Waals surface area (Å²) in [5.74, 6) is -0.102. The summed E-state index contributed by atoms with van der Waals surface area (Å²) in [6.45, 7) is 8.30. The van der Waals surface area contributed by atoms with Crippen LogP contribution in [0.3, 0.4) is 0 Å². The van der Waals surface area contributed by atoms with Gasteiger partial charge in [-0.3, -0.25) is 9.59 Å². The summed E-state index contributed by atoms with van der Waals surface area (Å²) >= 11 is 0. The fourth-order valence-corrected chi connectivity index (χ4v) is 3.06. The molecule has 0 aliphatic heterocycles. The second-order valence-electron chi connectivity index (χ2n) is 7.43. The molecule has 4 nitrogen and oxygen atoms in total. The van der Waals surface area contributed by atoms with Crippen LogP contribution in [0.25, 0.3) is 0 Å². The van der Waals surface area contributed by atoms with Gasteiger partial charge in [-0.1, -0.05) is 61.5 Å². The van der Waals surface area contributed by atoms with Crippen LogP contribution in [-0.4, -0.2) is 28.8 Å². The number of benzene rings is 2. The Bertz CT molecular complexity index is 773. The Labute approximate surface area is 169 Å². The van der Waals surface area contributed by atoms with Crippen molar-refractivity contribution < 1.29 is 9.59 Å². The highest BCUT2D eigenvalue weighted by atomic mass is 16.2. The highest BCUT2D eigenvalue weighted by molar-refractivity contribution is 5.87. The fraction of sp³-hybridized carbons (Fsp3) is 0.417. The first-order valence-corrected chi connectivity index (χ1v) is 10.1. The summed E-state index contributed by atoms with van der Waals surface area (Å²) < 4.78 is 0. The van der Waals surface area contributed by atoms with E-state index < -0.39 is 6.04 Å². The summed E-state index contributed by atoms with van der Waals surface area (Å²) in [4.78, 5) is 27.5. The molecule has 0 fully saturated rings. The highest BCUT2D eigenvalue weighted by Gasteiger charge is 2.26. The Morgan fingerprint density at radius 3 is 2.29 bits per heavy atom. The van der Waals surface area contributed by atoms with E-state index in [1.807, 2.05) is 82.3 Å². The average Bonchev–Trinajstić information content (AvgIpc) is 2.71. The molecule has 2 rings (SSSR count). The predicted octanol–water partition coefficient (Wildman–Crippen LogP) is 4.26. The number of carbonyl (C=O) groups excluding carboxylic acids is 2. The minimum Gasteiger partial charge on any atom is -0.352 e. The van der Waals surface area contributed by atoms with Gasteiger partial charge in [0.25, 0.3) is 0 Å². The van der Waals surface area contributed by atoms with Gasteiger partial charge in [-0.15, -0.1) is 0 Å². The van der Waals surface area contributed by atoms with Crippen molar-refractivity contribution in [2.24, 2.45) is 0 Å². The molecule has 0 heterocycles. The topological polar surface area (TPSA) is 49.4 Å². The van der Waals surface area contributed by atoms with E-state index in [4.69, 9.17) is 0 Å². The van der Waals surface area contributed by atoms with Gasteiger partial charge in [-0.2, -0.15) is 0 Å². The van der Waals surface area contributed by atoms with Crippen LogP contribution in [0.5, 0.6) is 0 Å². The molecule has 1 N–H and O–H groups in total. The third-order valence-electron chi connectivity index (χ3n) is 5.24. The average molecular weight is 381 g/mol. The maximum atomic E-state index is 13.1.